The first-order chi connectivity index (χ1) is 6.17. The fraction of sp³-hybridized carbons (Fsp3) is 0.917. The lowest BCUT2D eigenvalue weighted by Crippen LogP contribution is -2.42. The molecule has 0 spiro atoms. The van der Waals surface area contributed by atoms with Crippen LogP contribution in [0.25, 0.3) is 0 Å². The monoisotopic (exact) mass is 200 g/mol. The van der Waals surface area contributed by atoms with Crippen LogP contribution in [0.15, 0.2) is 0 Å². The topological polar surface area (TPSA) is 37.3 Å². The normalized spacial score (nSPS) is 16.8. The van der Waals surface area contributed by atoms with E-state index in [1.165, 1.54) is 0 Å². The molecule has 0 amide bonds. The minimum Gasteiger partial charge on any atom is -0.481 e. The molecule has 0 fully saturated rings. The molecule has 0 aliphatic heterocycles. The lowest BCUT2D eigenvalue weighted by atomic mass is 9.62. The van der Waals surface area contributed by atoms with Gasteiger partial charge in [0.25, 0.3) is 0 Å². The van der Waals surface area contributed by atoms with Gasteiger partial charge in [0.15, 0.2) is 0 Å². The highest BCUT2D eigenvalue weighted by Gasteiger charge is 2.46. The average Bonchev–Trinajstić information content (AvgIpc) is 2.02. The highest BCUT2D eigenvalue weighted by molar-refractivity contribution is 5.75. The minimum absolute atomic E-state index is 0.150. The van der Waals surface area contributed by atoms with Crippen molar-refractivity contribution in [1.29, 1.82) is 0 Å². The number of hydrogen-bond donors (Lipinski definition) is 1. The van der Waals surface area contributed by atoms with Crippen molar-refractivity contribution in [1.82, 2.24) is 0 Å². The van der Waals surface area contributed by atoms with Gasteiger partial charge in [-0.05, 0) is 31.1 Å². The summed E-state index contributed by atoms with van der Waals surface area (Å²) >= 11 is 0. The Hall–Kier alpha value is -0.530. The molecule has 0 aliphatic rings. The van der Waals surface area contributed by atoms with Gasteiger partial charge in [0.2, 0.25) is 0 Å². The Morgan fingerprint density at radius 3 is 1.93 bits per heavy atom. The second-order valence-corrected chi connectivity index (χ2v) is 5.47. The Morgan fingerprint density at radius 1 is 1.29 bits per heavy atom. The Balaban J connectivity index is 4.99. The molecule has 0 aromatic heterocycles. The molecular formula is C12H24O2. The summed E-state index contributed by atoms with van der Waals surface area (Å²) in [5, 5.41) is 9.35. The highest BCUT2D eigenvalue weighted by Crippen LogP contribution is 2.46. The Morgan fingerprint density at radius 2 is 1.71 bits per heavy atom. The summed E-state index contributed by atoms with van der Waals surface area (Å²) in [6.07, 6.45) is 1.63. The van der Waals surface area contributed by atoms with Crippen molar-refractivity contribution in [2.45, 2.75) is 54.4 Å². The van der Waals surface area contributed by atoms with Gasteiger partial charge in [-0.3, -0.25) is 4.79 Å². The standard InChI is InChI=1S/C12H24O2/c1-7-11(4,5)12(6,10(13)14)8-9(2)3/h9H,7-8H2,1-6H3,(H,13,14). The molecule has 1 unspecified atom stereocenters. The quantitative estimate of drug-likeness (QED) is 0.736. The van der Waals surface area contributed by atoms with E-state index in [1.807, 2.05) is 20.8 Å². The van der Waals surface area contributed by atoms with E-state index in [-0.39, 0.29) is 5.41 Å². The molecule has 0 saturated heterocycles. The van der Waals surface area contributed by atoms with Gasteiger partial charge >= 0.3 is 5.97 Å². The van der Waals surface area contributed by atoms with Crippen molar-refractivity contribution in [2.24, 2.45) is 16.7 Å². The van der Waals surface area contributed by atoms with Crippen LogP contribution in [0.4, 0.5) is 0 Å². The van der Waals surface area contributed by atoms with E-state index in [1.54, 1.807) is 0 Å². The Kier molecular flexibility index (Phi) is 4.16. The van der Waals surface area contributed by atoms with Crippen LogP contribution < -0.4 is 0 Å². The molecule has 2 heteroatoms. The third-order valence-corrected chi connectivity index (χ3v) is 3.67. The van der Waals surface area contributed by atoms with Gasteiger partial charge in [-0.15, -0.1) is 0 Å². The first kappa shape index (κ1) is 13.5. The zero-order valence-corrected chi connectivity index (χ0v) is 10.3. The Labute approximate surface area is 87.7 Å². The molecule has 0 radical (unpaired) electrons. The van der Waals surface area contributed by atoms with Crippen LogP contribution in [-0.4, -0.2) is 11.1 Å². The zero-order valence-electron chi connectivity index (χ0n) is 10.3. The van der Waals surface area contributed by atoms with E-state index in [0.29, 0.717) is 5.92 Å². The summed E-state index contributed by atoms with van der Waals surface area (Å²) < 4.78 is 0. The second-order valence-electron chi connectivity index (χ2n) is 5.47. The van der Waals surface area contributed by atoms with E-state index < -0.39 is 11.4 Å². The lowest BCUT2D eigenvalue weighted by Gasteiger charge is -2.41. The molecule has 0 heterocycles. The van der Waals surface area contributed by atoms with Crippen LogP contribution in [0.1, 0.15) is 54.4 Å². The van der Waals surface area contributed by atoms with Crippen molar-refractivity contribution in [3.05, 3.63) is 0 Å². The molecule has 0 saturated carbocycles. The third-order valence-electron chi connectivity index (χ3n) is 3.67. The van der Waals surface area contributed by atoms with Crippen LogP contribution in [0.5, 0.6) is 0 Å². The average molecular weight is 200 g/mol. The second kappa shape index (κ2) is 4.33. The molecule has 0 aromatic carbocycles. The predicted octanol–water partition coefficient (Wildman–Crippen LogP) is 3.56. The molecule has 0 aliphatic carbocycles. The van der Waals surface area contributed by atoms with Gasteiger partial charge in [-0.2, -0.15) is 0 Å². The van der Waals surface area contributed by atoms with Crippen molar-refractivity contribution >= 4 is 5.97 Å². The van der Waals surface area contributed by atoms with Crippen molar-refractivity contribution < 1.29 is 9.90 Å². The third kappa shape index (κ3) is 2.49. The van der Waals surface area contributed by atoms with Crippen molar-refractivity contribution in [3.8, 4) is 0 Å². The summed E-state index contributed by atoms with van der Waals surface area (Å²) in [6.45, 7) is 12.2. The van der Waals surface area contributed by atoms with Crippen LogP contribution in [0.2, 0.25) is 0 Å². The zero-order chi connectivity index (χ0) is 11.6. The molecule has 0 bridgehead atoms. The number of carbonyl (C=O) groups is 1. The van der Waals surface area contributed by atoms with E-state index >= 15 is 0 Å². The molecule has 84 valence electrons. The lowest BCUT2D eigenvalue weighted by molar-refractivity contribution is -0.157. The van der Waals surface area contributed by atoms with Crippen LogP contribution in [0.3, 0.4) is 0 Å². The summed E-state index contributed by atoms with van der Waals surface area (Å²) in [5.74, 6) is -0.250. The van der Waals surface area contributed by atoms with Gasteiger partial charge in [-0.25, -0.2) is 0 Å². The first-order valence-electron chi connectivity index (χ1n) is 5.40. The molecule has 14 heavy (non-hydrogen) atoms. The van der Waals surface area contributed by atoms with Gasteiger partial charge in [-0.1, -0.05) is 34.6 Å². The smallest absolute Gasteiger partial charge is 0.309 e. The number of rotatable bonds is 5. The highest BCUT2D eigenvalue weighted by atomic mass is 16.4. The summed E-state index contributed by atoms with van der Waals surface area (Å²) in [5.41, 5.74) is -0.765. The maximum absolute atomic E-state index is 11.4. The van der Waals surface area contributed by atoms with Gasteiger partial charge < -0.3 is 5.11 Å². The number of carboxylic acids is 1. The largest absolute Gasteiger partial charge is 0.481 e. The van der Waals surface area contributed by atoms with Crippen LogP contribution >= 0.6 is 0 Å². The van der Waals surface area contributed by atoms with Crippen LogP contribution in [0, 0.1) is 16.7 Å². The van der Waals surface area contributed by atoms with E-state index in [2.05, 4.69) is 20.8 Å². The maximum Gasteiger partial charge on any atom is 0.309 e. The SMILES string of the molecule is CCC(C)(C)C(C)(CC(C)C)C(=O)O. The fourth-order valence-electron chi connectivity index (χ4n) is 1.86. The minimum atomic E-state index is -0.668. The molecule has 0 aromatic rings. The van der Waals surface area contributed by atoms with E-state index in [0.717, 1.165) is 12.8 Å². The molecule has 1 N–H and O–H groups in total. The molecule has 2 nitrogen and oxygen atoms in total. The fourth-order valence-corrected chi connectivity index (χ4v) is 1.86. The van der Waals surface area contributed by atoms with Gasteiger partial charge in [0, 0.05) is 0 Å². The molecule has 1 atom stereocenters. The summed E-state index contributed by atoms with van der Waals surface area (Å²) in [4.78, 5) is 11.4. The van der Waals surface area contributed by atoms with Crippen molar-refractivity contribution in [2.75, 3.05) is 0 Å². The molecule has 0 rings (SSSR count). The molecular weight excluding hydrogens is 176 g/mol. The Bertz CT molecular complexity index is 206. The number of hydrogen-bond acceptors (Lipinski definition) is 1. The predicted molar refractivity (Wildman–Crippen MR) is 59.3 cm³/mol. The van der Waals surface area contributed by atoms with E-state index in [4.69, 9.17) is 0 Å². The number of aliphatic carboxylic acids is 1. The summed E-state index contributed by atoms with van der Waals surface area (Å²) in [7, 11) is 0. The van der Waals surface area contributed by atoms with Crippen molar-refractivity contribution in [3.63, 3.8) is 0 Å². The summed E-state index contributed by atoms with van der Waals surface area (Å²) in [6, 6.07) is 0. The van der Waals surface area contributed by atoms with E-state index in [9.17, 15) is 9.90 Å². The first-order valence-corrected chi connectivity index (χ1v) is 5.40. The van der Waals surface area contributed by atoms with Gasteiger partial charge in [0.05, 0.1) is 5.41 Å². The van der Waals surface area contributed by atoms with Gasteiger partial charge in [0.1, 0.15) is 0 Å². The number of carboxylic acid groups (broad SMARTS) is 1. The van der Waals surface area contributed by atoms with Crippen LogP contribution in [-0.2, 0) is 4.79 Å². The maximum atomic E-state index is 11.4.